The first-order valence-electron chi connectivity index (χ1n) is 6.82. The van der Waals surface area contributed by atoms with Gasteiger partial charge >= 0.3 is 0 Å². The maximum atomic E-state index is 11.9. The molecular formula is C16H14N4O4. The number of phenols is 1. The molecule has 0 aliphatic rings. The van der Waals surface area contributed by atoms with Crippen molar-refractivity contribution in [3.63, 3.8) is 0 Å². The molecule has 0 fully saturated rings. The van der Waals surface area contributed by atoms with Gasteiger partial charge in [0, 0.05) is 7.05 Å². The molecule has 0 bridgehead atoms. The number of carbonyl (C=O) groups is 1. The lowest BCUT2D eigenvalue weighted by molar-refractivity contribution is 0.0952. The van der Waals surface area contributed by atoms with Crippen LogP contribution in [0.5, 0.6) is 11.6 Å². The number of nitriles is 1. The van der Waals surface area contributed by atoms with E-state index in [0.717, 1.165) is 10.8 Å². The van der Waals surface area contributed by atoms with Gasteiger partial charge < -0.3 is 10.2 Å². The Morgan fingerprint density at radius 3 is 2.67 bits per heavy atom. The number of amides is 1. The molecule has 122 valence electrons. The average Bonchev–Trinajstić information content (AvgIpc) is 2.57. The number of aromatic hydroxyl groups is 2. The van der Waals surface area contributed by atoms with E-state index in [1.165, 1.54) is 26.1 Å². The highest BCUT2D eigenvalue weighted by Gasteiger charge is 2.16. The molecule has 2 aromatic rings. The lowest BCUT2D eigenvalue weighted by Crippen LogP contribution is -2.23. The summed E-state index contributed by atoms with van der Waals surface area (Å²) in [6.45, 7) is 1.49. The smallest absolute Gasteiger partial charge is 0.275 e. The Morgan fingerprint density at radius 2 is 2.04 bits per heavy atom. The molecule has 8 heteroatoms. The van der Waals surface area contributed by atoms with Crippen LogP contribution in [0.25, 0.3) is 0 Å². The second-order valence-corrected chi connectivity index (χ2v) is 4.93. The zero-order chi connectivity index (χ0) is 17.9. The summed E-state index contributed by atoms with van der Waals surface area (Å²) >= 11 is 0. The first kappa shape index (κ1) is 16.8. The van der Waals surface area contributed by atoms with Gasteiger partial charge in [0.15, 0.2) is 0 Å². The van der Waals surface area contributed by atoms with Crippen LogP contribution in [0.15, 0.2) is 34.2 Å². The largest absolute Gasteiger partial charge is 0.507 e. The maximum absolute atomic E-state index is 11.9. The molecule has 1 aromatic heterocycles. The predicted molar refractivity (Wildman–Crippen MR) is 86.0 cm³/mol. The fourth-order valence-electron chi connectivity index (χ4n) is 2.07. The Hall–Kier alpha value is -3.60. The molecule has 1 amide bonds. The fraction of sp³-hybridized carbons (Fsp3) is 0.125. The number of aromatic nitrogens is 1. The molecule has 0 unspecified atom stereocenters. The molecule has 0 radical (unpaired) electrons. The maximum Gasteiger partial charge on any atom is 0.275 e. The molecule has 0 saturated heterocycles. The van der Waals surface area contributed by atoms with E-state index in [2.05, 4.69) is 10.5 Å². The van der Waals surface area contributed by atoms with Crippen LogP contribution in [-0.2, 0) is 7.05 Å². The van der Waals surface area contributed by atoms with Gasteiger partial charge in [-0.1, -0.05) is 12.1 Å². The number of rotatable bonds is 3. The Bertz CT molecular complexity index is 938. The number of para-hydroxylation sites is 1. The number of hydrazone groups is 1. The first-order valence-corrected chi connectivity index (χ1v) is 6.82. The van der Waals surface area contributed by atoms with Crippen LogP contribution in [-0.4, -0.2) is 26.9 Å². The molecule has 0 atom stereocenters. The minimum Gasteiger partial charge on any atom is -0.507 e. The van der Waals surface area contributed by atoms with Gasteiger partial charge in [-0.2, -0.15) is 10.4 Å². The average molecular weight is 326 g/mol. The highest BCUT2D eigenvalue weighted by Crippen LogP contribution is 2.18. The summed E-state index contributed by atoms with van der Waals surface area (Å²) in [6, 6.07) is 7.72. The van der Waals surface area contributed by atoms with Crippen molar-refractivity contribution in [2.75, 3.05) is 0 Å². The third-order valence-electron chi connectivity index (χ3n) is 3.48. The minimum atomic E-state index is -0.646. The number of pyridine rings is 1. The molecule has 1 heterocycles. The van der Waals surface area contributed by atoms with Crippen molar-refractivity contribution in [3.8, 4) is 17.7 Å². The van der Waals surface area contributed by atoms with Gasteiger partial charge in [-0.3, -0.25) is 14.2 Å². The van der Waals surface area contributed by atoms with E-state index in [4.69, 9.17) is 5.26 Å². The Balaban J connectivity index is 2.33. The second-order valence-electron chi connectivity index (χ2n) is 4.93. The molecule has 0 aliphatic carbocycles. The van der Waals surface area contributed by atoms with Gasteiger partial charge in [-0.25, -0.2) is 5.43 Å². The molecule has 1 aromatic carbocycles. The van der Waals surface area contributed by atoms with Crippen molar-refractivity contribution < 1.29 is 15.0 Å². The standard InChI is InChI=1S/C16H14N4O4/c1-9-11(7-17)15(23)20(2)16(24)12(9)8-18-19-14(22)10-5-3-4-6-13(10)21/h3-6,8,21,24H,1-2H3,(H,19,22). The minimum absolute atomic E-state index is 0.0359. The lowest BCUT2D eigenvalue weighted by Gasteiger charge is -2.09. The summed E-state index contributed by atoms with van der Waals surface area (Å²) in [4.78, 5) is 23.8. The van der Waals surface area contributed by atoms with Crippen LogP contribution in [0.2, 0.25) is 0 Å². The third-order valence-corrected chi connectivity index (χ3v) is 3.48. The first-order chi connectivity index (χ1) is 11.4. The van der Waals surface area contributed by atoms with E-state index in [0.29, 0.717) is 0 Å². The van der Waals surface area contributed by atoms with Gasteiger partial charge in [0.2, 0.25) is 5.88 Å². The summed E-state index contributed by atoms with van der Waals surface area (Å²) in [5.41, 5.74) is 1.87. The highest BCUT2D eigenvalue weighted by molar-refractivity contribution is 5.97. The van der Waals surface area contributed by atoms with Gasteiger partial charge in [-0.15, -0.1) is 0 Å². The summed E-state index contributed by atoms with van der Waals surface area (Å²) in [5.74, 6) is -1.22. The molecular weight excluding hydrogens is 312 g/mol. The molecule has 8 nitrogen and oxygen atoms in total. The molecule has 0 saturated carbocycles. The van der Waals surface area contributed by atoms with Crippen LogP contribution in [0.3, 0.4) is 0 Å². The predicted octanol–water partition coefficient (Wildman–Crippen LogP) is 0.740. The number of benzene rings is 1. The quantitative estimate of drug-likeness (QED) is 0.566. The van der Waals surface area contributed by atoms with Crippen LogP contribution in [0.1, 0.15) is 27.0 Å². The number of hydrogen-bond acceptors (Lipinski definition) is 6. The number of nitrogens with one attached hydrogen (secondary N) is 1. The Labute approximate surface area is 136 Å². The fourth-order valence-corrected chi connectivity index (χ4v) is 2.07. The second kappa shape index (κ2) is 6.66. The van der Waals surface area contributed by atoms with Crippen LogP contribution in [0.4, 0.5) is 0 Å². The van der Waals surface area contributed by atoms with Crippen molar-refractivity contribution in [2.45, 2.75) is 6.92 Å². The summed E-state index contributed by atoms with van der Waals surface area (Å²) in [7, 11) is 1.32. The normalized spacial score (nSPS) is 10.5. The number of hydrogen-bond donors (Lipinski definition) is 3. The SMILES string of the molecule is Cc1c(C=NNC(=O)c2ccccc2O)c(O)n(C)c(=O)c1C#N. The van der Waals surface area contributed by atoms with E-state index in [1.54, 1.807) is 18.2 Å². The van der Waals surface area contributed by atoms with Gasteiger partial charge in [0.25, 0.3) is 11.5 Å². The van der Waals surface area contributed by atoms with Crippen molar-refractivity contribution >= 4 is 12.1 Å². The number of phenolic OH excluding ortho intramolecular Hbond substituents is 1. The van der Waals surface area contributed by atoms with Crippen LogP contribution in [0, 0.1) is 18.3 Å². The summed E-state index contributed by atoms with van der Waals surface area (Å²) in [6.07, 6.45) is 1.13. The van der Waals surface area contributed by atoms with Crippen molar-refractivity contribution in [3.05, 3.63) is 56.9 Å². The molecule has 3 N–H and O–H groups in total. The molecule has 2 rings (SSSR count). The van der Waals surface area contributed by atoms with E-state index < -0.39 is 11.5 Å². The van der Waals surface area contributed by atoms with Crippen molar-refractivity contribution in [2.24, 2.45) is 12.1 Å². The zero-order valence-electron chi connectivity index (χ0n) is 12.9. The lowest BCUT2D eigenvalue weighted by atomic mass is 10.1. The zero-order valence-corrected chi connectivity index (χ0v) is 12.9. The number of carbonyl (C=O) groups excluding carboxylic acids is 1. The van der Waals surface area contributed by atoms with E-state index in [9.17, 15) is 19.8 Å². The molecule has 24 heavy (non-hydrogen) atoms. The molecule has 0 aliphatic heterocycles. The van der Waals surface area contributed by atoms with Crippen molar-refractivity contribution in [1.29, 1.82) is 5.26 Å². The topological polar surface area (TPSA) is 128 Å². The van der Waals surface area contributed by atoms with Gasteiger partial charge in [0.1, 0.15) is 17.4 Å². The van der Waals surface area contributed by atoms with E-state index in [-0.39, 0.29) is 33.9 Å². The Kier molecular flexibility index (Phi) is 4.65. The monoisotopic (exact) mass is 326 g/mol. The summed E-state index contributed by atoms with van der Waals surface area (Å²) < 4.78 is 0.914. The van der Waals surface area contributed by atoms with E-state index in [1.807, 2.05) is 0 Å². The van der Waals surface area contributed by atoms with Crippen LogP contribution >= 0.6 is 0 Å². The molecule has 0 spiro atoms. The third kappa shape index (κ3) is 2.96. The highest BCUT2D eigenvalue weighted by atomic mass is 16.3. The van der Waals surface area contributed by atoms with Crippen LogP contribution < -0.4 is 11.0 Å². The van der Waals surface area contributed by atoms with E-state index >= 15 is 0 Å². The van der Waals surface area contributed by atoms with Gasteiger partial charge in [-0.05, 0) is 24.6 Å². The van der Waals surface area contributed by atoms with Gasteiger partial charge in [0.05, 0.1) is 17.3 Å². The number of nitrogens with zero attached hydrogens (tertiary/aromatic N) is 3. The van der Waals surface area contributed by atoms with Crippen molar-refractivity contribution in [1.82, 2.24) is 9.99 Å². The Morgan fingerprint density at radius 1 is 1.38 bits per heavy atom. The summed E-state index contributed by atoms with van der Waals surface area (Å²) in [5, 5.41) is 32.4.